The van der Waals surface area contributed by atoms with Crippen LogP contribution in [0.25, 0.3) is 0 Å². The van der Waals surface area contributed by atoms with Crippen LogP contribution in [0.5, 0.6) is 0 Å². The summed E-state index contributed by atoms with van der Waals surface area (Å²) < 4.78 is 4.32. The summed E-state index contributed by atoms with van der Waals surface area (Å²) in [7, 11) is 0. The number of carboxylic acid groups (broad SMARTS) is 1. The molecular formula is C5H8N2O3S. The first-order valence-electron chi connectivity index (χ1n) is 3.15. The summed E-state index contributed by atoms with van der Waals surface area (Å²) in [6.07, 6.45) is 0.671. The van der Waals surface area contributed by atoms with Gasteiger partial charge in [0.15, 0.2) is 0 Å². The van der Waals surface area contributed by atoms with E-state index in [-0.39, 0.29) is 11.8 Å². The lowest BCUT2D eigenvalue weighted by molar-refractivity contribution is -0.120. The van der Waals surface area contributed by atoms with E-state index < -0.39 is 6.09 Å². The molecule has 0 spiro atoms. The lowest BCUT2D eigenvalue weighted by Crippen LogP contribution is -2.24. The third kappa shape index (κ3) is 3.13. The molecule has 1 rings (SSSR count). The number of carbonyl (C=O) groups excluding carboxylic acids is 1. The van der Waals surface area contributed by atoms with Gasteiger partial charge in [0, 0.05) is 5.92 Å². The van der Waals surface area contributed by atoms with Crippen LogP contribution in [0.1, 0.15) is 12.8 Å². The maximum absolute atomic E-state index is 10.8. The normalized spacial score (nSPS) is 15.6. The molecule has 1 fully saturated rings. The average molecular weight is 176 g/mol. The Morgan fingerprint density at radius 2 is 2.00 bits per heavy atom. The Balaban J connectivity index is 2.02. The Morgan fingerprint density at radius 1 is 1.36 bits per heavy atom. The molecule has 0 atom stereocenters. The van der Waals surface area contributed by atoms with Crippen molar-refractivity contribution in [2.75, 3.05) is 0 Å². The van der Waals surface area contributed by atoms with Crippen LogP contribution in [0.2, 0.25) is 0 Å². The minimum atomic E-state index is -1.16. The van der Waals surface area contributed by atoms with E-state index in [4.69, 9.17) is 5.11 Å². The Labute approximate surface area is 67.8 Å². The highest BCUT2D eigenvalue weighted by Gasteiger charge is 2.29. The van der Waals surface area contributed by atoms with E-state index in [1.165, 1.54) is 0 Å². The minimum Gasteiger partial charge on any atom is -0.464 e. The molecule has 1 aliphatic rings. The Bertz CT molecular complexity index is 181. The zero-order chi connectivity index (χ0) is 8.27. The van der Waals surface area contributed by atoms with E-state index in [1.54, 1.807) is 0 Å². The molecule has 0 aromatic rings. The zero-order valence-corrected chi connectivity index (χ0v) is 6.48. The van der Waals surface area contributed by atoms with Crippen molar-refractivity contribution in [1.82, 2.24) is 9.44 Å². The van der Waals surface area contributed by atoms with Gasteiger partial charge < -0.3 is 5.11 Å². The predicted molar refractivity (Wildman–Crippen MR) is 39.6 cm³/mol. The first-order chi connectivity index (χ1) is 5.20. The highest BCUT2D eigenvalue weighted by Crippen LogP contribution is 2.29. The van der Waals surface area contributed by atoms with Crippen LogP contribution in [0.3, 0.4) is 0 Å². The Morgan fingerprint density at radius 3 is 2.45 bits per heavy atom. The van der Waals surface area contributed by atoms with Crippen LogP contribution in [-0.2, 0) is 4.79 Å². The molecule has 0 heterocycles. The number of hydrogen-bond donors (Lipinski definition) is 3. The molecule has 2 amide bonds. The van der Waals surface area contributed by atoms with Crippen LogP contribution in [-0.4, -0.2) is 17.1 Å². The first-order valence-corrected chi connectivity index (χ1v) is 3.96. The molecule has 0 aromatic heterocycles. The molecule has 1 aliphatic carbocycles. The van der Waals surface area contributed by atoms with Gasteiger partial charge in [-0.3, -0.25) is 9.52 Å². The van der Waals surface area contributed by atoms with Gasteiger partial charge >= 0.3 is 6.09 Å². The molecule has 3 N–H and O–H groups in total. The van der Waals surface area contributed by atoms with Crippen molar-refractivity contribution in [2.24, 2.45) is 5.92 Å². The first kappa shape index (κ1) is 8.19. The van der Waals surface area contributed by atoms with Crippen LogP contribution >= 0.6 is 12.1 Å². The van der Waals surface area contributed by atoms with Crippen molar-refractivity contribution in [1.29, 1.82) is 0 Å². The second-order valence-corrected chi connectivity index (χ2v) is 2.86. The molecular weight excluding hydrogens is 168 g/mol. The summed E-state index contributed by atoms with van der Waals surface area (Å²) in [6, 6.07) is 0. The number of rotatable bonds is 3. The van der Waals surface area contributed by atoms with Gasteiger partial charge in [-0.2, -0.15) is 0 Å². The smallest absolute Gasteiger partial charge is 0.416 e. The number of hydrogen-bond acceptors (Lipinski definition) is 3. The Kier molecular flexibility index (Phi) is 2.58. The van der Waals surface area contributed by atoms with E-state index in [1.807, 2.05) is 4.72 Å². The average Bonchev–Trinajstić information content (AvgIpc) is 2.66. The lowest BCUT2D eigenvalue weighted by Gasteiger charge is -1.99. The van der Waals surface area contributed by atoms with E-state index in [0.29, 0.717) is 12.1 Å². The quantitative estimate of drug-likeness (QED) is 0.542. The van der Waals surface area contributed by atoms with E-state index in [0.717, 1.165) is 12.8 Å². The van der Waals surface area contributed by atoms with Gasteiger partial charge in [-0.1, -0.05) is 0 Å². The lowest BCUT2D eigenvalue weighted by atomic mass is 10.4. The topological polar surface area (TPSA) is 78.4 Å². The van der Waals surface area contributed by atoms with Crippen molar-refractivity contribution in [3.05, 3.63) is 0 Å². The summed E-state index contributed by atoms with van der Waals surface area (Å²) in [5, 5.41) is 8.10. The van der Waals surface area contributed by atoms with Gasteiger partial charge in [-0.05, 0) is 12.8 Å². The summed E-state index contributed by atoms with van der Waals surface area (Å²) in [4.78, 5) is 20.7. The van der Waals surface area contributed by atoms with E-state index in [2.05, 4.69) is 4.72 Å². The van der Waals surface area contributed by atoms with Gasteiger partial charge in [0.1, 0.15) is 0 Å². The van der Waals surface area contributed by atoms with Gasteiger partial charge in [-0.15, -0.1) is 0 Å². The zero-order valence-electron chi connectivity index (χ0n) is 5.66. The van der Waals surface area contributed by atoms with Gasteiger partial charge in [0.05, 0.1) is 12.1 Å². The van der Waals surface area contributed by atoms with Crippen LogP contribution in [0.4, 0.5) is 4.79 Å². The van der Waals surface area contributed by atoms with Crippen LogP contribution in [0, 0.1) is 5.92 Å². The summed E-state index contributed by atoms with van der Waals surface area (Å²) in [5.74, 6) is 0.0156. The molecule has 0 saturated heterocycles. The van der Waals surface area contributed by atoms with Crippen molar-refractivity contribution >= 4 is 24.1 Å². The number of carbonyl (C=O) groups is 2. The maximum Gasteiger partial charge on any atom is 0.416 e. The largest absolute Gasteiger partial charge is 0.464 e. The molecule has 0 unspecified atom stereocenters. The van der Waals surface area contributed by atoms with Gasteiger partial charge in [0.25, 0.3) is 0 Å². The Hall–Kier alpha value is -0.910. The fourth-order valence-corrected chi connectivity index (χ4v) is 0.954. The maximum atomic E-state index is 10.8. The summed E-state index contributed by atoms with van der Waals surface area (Å²) in [6.45, 7) is 0. The molecule has 0 aliphatic heterocycles. The molecule has 62 valence electrons. The highest BCUT2D eigenvalue weighted by molar-refractivity contribution is 7.96. The minimum absolute atomic E-state index is 0.0937. The molecule has 0 aromatic carbocycles. The summed E-state index contributed by atoms with van der Waals surface area (Å²) in [5.41, 5.74) is 0. The molecule has 1 saturated carbocycles. The fraction of sp³-hybridized carbons (Fsp3) is 0.600. The fourth-order valence-electron chi connectivity index (χ4n) is 0.548. The molecule has 5 nitrogen and oxygen atoms in total. The van der Waals surface area contributed by atoms with Crippen molar-refractivity contribution in [3.63, 3.8) is 0 Å². The number of amides is 2. The molecule has 6 heteroatoms. The molecule has 0 radical (unpaired) electrons. The second kappa shape index (κ2) is 3.47. The van der Waals surface area contributed by atoms with Gasteiger partial charge in [0.2, 0.25) is 5.91 Å². The van der Waals surface area contributed by atoms with Crippen molar-refractivity contribution in [3.8, 4) is 0 Å². The van der Waals surface area contributed by atoms with E-state index in [9.17, 15) is 9.59 Å². The van der Waals surface area contributed by atoms with Crippen LogP contribution < -0.4 is 9.44 Å². The molecule has 11 heavy (non-hydrogen) atoms. The van der Waals surface area contributed by atoms with E-state index >= 15 is 0 Å². The number of nitrogens with one attached hydrogen (secondary N) is 2. The van der Waals surface area contributed by atoms with Gasteiger partial charge in [-0.25, -0.2) is 9.52 Å². The molecule has 0 bridgehead atoms. The summed E-state index contributed by atoms with van der Waals surface area (Å²) >= 11 is 0.689. The highest BCUT2D eigenvalue weighted by atomic mass is 32.2. The SMILES string of the molecule is O=C(O)NSNC(=O)C1CC1. The van der Waals surface area contributed by atoms with Crippen molar-refractivity contribution in [2.45, 2.75) is 12.8 Å². The standard InChI is InChI=1S/C5H8N2O3S/c8-4(3-1-2-3)6-11-7-5(9)10/h3,7H,1-2H2,(H,6,8)(H,9,10). The second-order valence-electron chi connectivity index (χ2n) is 2.25. The van der Waals surface area contributed by atoms with Crippen molar-refractivity contribution < 1.29 is 14.7 Å². The monoisotopic (exact) mass is 176 g/mol. The van der Waals surface area contributed by atoms with Crippen LogP contribution in [0.15, 0.2) is 0 Å². The third-order valence-corrected chi connectivity index (χ3v) is 1.82. The predicted octanol–water partition coefficient (Wildman–Crippen LogP) is 0.343. The third-order valence-electron chi connectivity index (χ3n) is 1.24.